The highest BCUT2D eigenvalue weighted by molar-refractivity contribution is 6.30. The maximum absolute atomic E-state index is 6.28. The number of hydrogen-bond acceptors (Lipinski definition) is 4. The average Bonchev–Trinajstić information content (AvgIpc) is 3.21. The van der Waals surface area contributed by atoms with Crippen molar-refractivity contribution in [2.45, 2.75) is 19.3 Å². The van der Waals surface area contributed by atoms with Crippen molar-refractivity contribution in [2.24, 2.45) is 0 Å². The number of anilines is 1. The van der Waals surface area contributed by atoms with Crippen molar-refractivity contribution in [3.05, 3.63) is 59.1 Å². The second-order valence-corrected chi connectivity index (χ2v) is 7.37. The molecule has 4 aromatic rings. The van der Waals surface area contributed by atoms with Gasteiger partial charge in [-0.2, -0.15) is 5.10 Å². The molecular formula is C22H20ClN3O2. The molecule has 0 aliphatic carbocycles. The Hall–Kier alpha value is -2.92. The van der Waals surface area contributed by atoms with E-state index >= 15 is 0 Å². The summed E-state index contributed by atoms with van der Waals surface area (Å²) in [6.07, 6.45) is 3.16. The fourth-order valence-electron chi connectivity index (χ4n) is 3.80. The summed E-state index contributed by atoms with van der Waals surface area (Å²) in [5, 5.41) is 10.2. The number of furan rings is 1. The van der Waals surface area contributed by atoms with Gasteiger partial charge in [0.1, 0.15) is 28.5 Å². The third-order valence-corrected chi connectivity index (χ3v) is 5.39. The normalized spacial score (nSPS) is 13.8. The molecule has 5 rings (SSSR count). The van der Waals surface area contributed by atoms with Crippen LogP contribution in [0.25, 0.3) is 28.1 Å². The summed E-state index contributed by atoms with van der Waals surface area (Å²) in [5.41, 5.74) is 3.70. The maximum atomic E-state index is 6.28. The Morgan fingerprint density at radius 2 is 2.04 bits per heavy atom. The standard InChI is InChI=1S/C22H20ClN3O2/c1-27-19-10-9-15(23)13-17(19)26-22-16(7-4-5-11-24-22)21(25-26)20-12-14-6-2-3-8-18(14)28-20/h2-3,6,8-10,12-13,24H,4-5,7,11H2,1H3. The van der Waals surface area contributed by atoms with Gasteiger partial charge in [-0.15, -0.1) is 0 Å². The molecule has 0 spiro atoms. The van der Waals surface area contributed by atoms with E-state index < -0.39 is 0 Å². The van der Waals surface area contributed by atoms with Crippen LogP contribution in [0.1, 0.15) is 18.4 Å². The fraction of sp³-hybridized carbons (Fsp3) is 0.227. The fourth-order valence-corrected chi connectivity index (χ4v) is 3.97. The number of ether oxygens (including phenoxy) is 1. The van der Waals surface area contributed by atoms with Crippen molar-refractivity contribution in [2.75, 3.05) is 19.0 Å². The summed E-state index contributed by atoms with van der Waals surface area (Å²) in [7, 11) is 1.66. The summed E-state index contributed by atoms with van der Waals surface area (Å²) in [4.78, 5) is 0. The summed E-state index contributed by atoms with van der Waals surface area (Å²) in [6, 6.07) is 15.6. The molecule has 1 aliphatic rings. The minimum atomic E-state index is 0.638. The number of hydrogen-bond donors (Lipinski definition) is 1. The molecule has 28 heavy (non-hydrogen) atoms. The van der Waals surface area contributed by atoms with Crippen molar-refractivity contribution in [3.63, 3.8) is 0 Å². The van der Waals surface area contributed by atoms with Gasteiger partial charge in [0.15, 0.2) is 5.76 Å². The molecule has 0 atom stereocenters. The lowest BCUT2D eigenvalue weighted by Crippen LogP contribution is -2.08. The molecule has 3 heterocycles. The second kappa shape index (κ2) is 6.91. The van der Waals surface area contributed by atoms with E-state index in [9.17, 15) is 0 Å². The maximum Gasteiger partial charge on any atom is 0.156 e. The molecule has 0 saturated heterocycles. The van der Waals surface area contributed by atoms with Crippen LogP contribution in [-0.2, 0) is 6.42 Å². The molecule has 0 bridgehead atoms. The first-order valence-electron chi connectivity index (χ1n) is 9.43. The van der Waals surface area contributed by atoms with Crippen molar-refractivity contribution in [1.29, 1.82) is 0 Å². The molecule has 1 aliphatic heterocycles. The van der Waals surface area contributed by atoms with Gasteiger partial charge < -0.3 is 14.5 Å². The van der Waals surface area contributed by atoms with E-state index in [1.54, 1.807) is 7.11 Å². The number of methoxy groups -OCH3 is 1. The summed E-state index contributed by atoms with van der Waals surface area (Å²) < 4.78 is 13.6. The van der Waals surface area contributed by atoms with Crippen molar-refractivity contribution < 1.29 is 9.15 Å². The molecule has 0 amide bonds. The van der Waals surface area contributed by atoms with Crippen LogP contribution in [0.3, 0.4) is 0 Å². The van der Waals surface area contributed by atoms with Crippen LogP contribution in [0.15, 0.2) is 52.9 Å². The van der Waals surface area contributed by atoms with Crippen molar-refractivity contribution >= 4 is 28.4 Å². The first-order chi connectivity index (χ1) is 13.7. The number of nitrogens with one attached hydrogen (secondary N) is 1. The highest BCUT2D eigenvalue weighted by atomic mass is 35.5. The van der Waals surface area contributed by atoms with E-state index in [0.29, 0.717) is 5.02 Å². The smallest absolute Gasteiger partial charge is 0.156 e. The Kier molecular flexibility index (Phi) is 4.24. The molecule has 2 aromatic carbocycles. The Morgan fingerprint density at radius 1 is 1.14 bits per heavy atom. The molecule has 0 saturated carbocycles. The number of fused-ring (bicyclic) bond motifs is 2. The van der Waals surface area contributed by atoms with Gasteiger partial charge in [-0.3, -0.25) is 0 Å². The summed E-state index contributed by atoms with van der Waals surface area (Å²) in [5.74, 6) is 2.48. The molecule has 0 radical (unpaired) electrons. The summed E-state index contributed by atoms with van der Waals surface area (Å²) >= 11 is 6.28. The Morgan fingerprint density at radius 3 is 2.89 bits per heavy atom. The zero-order chi connectivity index (χ0) is 19.1. The molecule has 2 aromatic heterocycles. The molecular weight excluding hydrogens is 374 g/mol. The first kappa shape index (κ1) is 17.2. The third-order valence-electron chi connectivity index (χ3n) is 5.16. The van der Waals surface area contributed by atoms with Crippen LogP contribution in [0, 0.1) is 0 Å². The van der Waals surface area contributed by atoms with Gasteiger partial charge in [-0.05, 0) is 49.6 Å². The highest BCUT2D eigenvalue weighted by Gasteiger charge is 2.25. The number of halogens is 1. The molecule has 142 valence electrons. The minimum absolute atomic E-state index is 0.638. The Labute approximate surface area is 167 Å². The van der Waals surface area contributed by atoms with Crippen molar-refractivity contribution in [3.8, 4) is 22.9 Å². The van der Waals surface area contributed by atoms with E-state index in [0.717, 1.165) is 65.5 Å². The monoisotopic (exact) mass is 393 g/mol. The van der Waals surface area contributed by atoms with Crippen LogP contribution in [0.5, 0.6) is 5.75 Å². The van der Waals surface area contributed by atoms with Crippen LogP contribution < -0.4 is 10.1 Å². The highest BCUT2D eigenvalue weighted by Crippen LogP contribution is 2.38. The number of para-hydroxylation sites is 1. The topological polar surface area (TPSA) is 52.2 Å². The van der Waals surface area contributed by atoms with E-state index in [1.807, 2.05) is 41.1 Å². The van der Waals surface area contributed by atoms with Crippen molar-refractivity contribution in [1.82, 2.24) is 9.78 Å². The lowest BCUT2D eigenvalue weighted by molar-refractivity contribution is 0.412. The van der Waals surface area contributed by atoms with Crippen LogP contribution >= 0.6 is 11.6 Å². The molecule has 1 N–H and O–H groups in total. The quantitative estimate of drug-likeness (QED) is 0.485. The van der Waals surface area contributed by atoms with E-state index in [4.69, 9.17) is 25.9 Å². The molecule has 6 heteroatoms. The van der Waals surface area contributed by atoms with Gasteiger partial charge >= 0.3 is 0 Å². The zero-order valence-electron chi connectivity index (χ0n) is 15.5. The SMILES string of the molecule is COc1ccc(Cl)cc1-n1nc(-c2cc3ccccc3o2)c2c1NCCCC2. The third kappa shape index (κ3) is 2.83. The Bertz CT molecular complexity index is 1130. The predicted molar refractivity (Wildman–Crippen MR) is 112 cm³/mol. The largest absolute Gasteiger partial charge is 0.494 e. The van der Waals surface area contributed by atoms with Crippen LogP contribution in [-0.4, -0.2) is 23.4 Å². The lowest BCUT2D eigenvalue weighted by atomic mass is 10.1. The second-order valence-electron chi connectivity index (χ2n) is 6.94. The van der Waals surface area contributed by atoms with Gasteiger partial charge in [0.25, 0.3) is 0 Å². The van der Waals surface area contributed by atoms with Gasteiger partial charge in [0, 0.05) is 22.5 Å². The summed E-state index contributed by atoms with van der Waals surface area (Å²) in [6.45, 7) is 0.904. The lowest BCUT2D eigenvalue weighted by Gasteiger charge is -2.13. The van der Waals surface area contributed by atoms with Gasteiger partial charge in [-0.25, -0.2) is 4.68 Å². The number of rotatable bonds is 3. The number of aromatic nitrogens is 2. The number of benzene rings is 2. The van der Waals surface area contributed by atoms with E-state index in [2.05, 4.69) is 17.4 Å². The first-order valence-corrected chi connectivity index (χ1v) is 9.81. The van der Waals surface area contributed by atoms with Crippen LogP contribution in [0.4, 0.5) is 5.82 Å². The van der Waals surface area contributed by atoms with Gasteiger partial charge in [0.05, 0.1) is 7.11 Å². The Balaban J connectivity index is 1.74. The van der Waals surface area contributed by atoms with E-state index in [-0.39, 0.29) is 0 Å². The average molecular weight is 394 g/mol. The minimum Gasteiger partial charge on any atom is -0.494 e. The molecule has 0 unspecified atom stereocenters. The zero-order valence-corrected chi connectivity index (χ0v) is 16.3. The molecule has 0 fully saturated rings. The van der Waals surface area contributed by atoms with Gasteiger partial charge in [-0.1, -0.05) is 29.8 Å². The molecule has 5 nitrogen and oxygen atoms in total. The van der Waals surface area contributed by atoms with E-state index in [1.165, 1.54) is 5.56 Å². The number of nitrogens with zero attached hydrogens (tertiary/aromatic N) is 2. The van der Waals surface area contributed by atoms with Gasteiger partial charge in [0.2, 0.25) is 0 Å². The van der Waals surface area contributed by atoms with Crippen LogP contribution in [0.2, 0.25) is 5.02 Å². The predicted octanol–water partition coefficient (Wildman–Crippen LogP) is 5.70.